The Balaban J connectivity index is 1.11. The fourth-order valence-electron chi connectivity index (χ4n) is 8.73. The summed E-state index contributed by atoms with van der Waals surface area (Å²) in [7, 11) is 9.91. The van der Waals surface area contributed by atoms with E-state index < -0.39 is 77.5 Å². The number of carbonyl (C=O) groups excluding carboxylic acids is 5. The van der Waals surface area contributed by atoms with E-state index in [-0.39, 0.29) is 70.8 Å². The summed E-state index contributed by atoms with van der Waals surface area (Å²) in [4.78, 5) is 77.2. The molecule has 4 N–H and O–H groups in total. The molecule has 27 heteroatoms. The molecule has 0 radical (unpaired) electrons. The number of carbonyl (C=O) groups is 5. The molecule has 0 bridgehead atoms. The lowest BCUT2D eigenvalue weighted by molar-refractivity contribution is 0.101. The van der Waals surface area contributed by atoms with E-state index in [0.29, 0.717) is 43.4 Å². The van der Waals surface area contributed by atoms with Gasteiger partial charge in [-0.25, -0.2) is 31.9 Å². The first kappa shape index (κ1) is 62.5. The van der Waals surface area contributed by atoms with E-state index in [9.17, 15) is 24.0 Å². The van der Waals surface area contributed by atoms with Crippen LogP contribution in [0, 0.1) is 23.3 Å². The molecule has 0 saturated heterocycles. The van der Waals surface area contributed by atoms with E-state index in [4.69, 9.17) is 18.9 Å². The van der Waals surface area contributed by atoms with Gasteiger partial charge in [0, 0.05) is 57.5 Å². The number of nitrogens with zero attached hydrogens (tertiary/aromatic N) is 8. The SMILES string of the molecule is CCOC(=O)N(Cc1c(F)cccc1F)c1sc(-c2ccc(NC(=O)Nc3ccc(-c4sc(N(Cc5c(F)cccc5F)C(=O)OCC)c(C(=O)Nc5ccc(OC)nn5)c4CN(C)C)cc3)cc2)c(CN(C)C)c1C(=O)Nc1ccc(OC)nn1. The largest absolute Gasteiger partial charge is 0.480 e. The molecule has 0 spiro atoms. The third kappa shape index (κ3) is 14.8. The minimum Gasteiger partial charge on any atom is -0.480 e. The summed E-state index contributed by atoms with van der Waals surface area (Å²) >= 11 is 2.02. The van der Waals surface area contributed by atoms with Crippen molar-refractivity contribution in [2.45, 2.75) is 40.0 Å². The molecule has 6 amide bonds. The molecule has 0 atom stereocenters. The quantitative estimate of drug-likeness (QED) is 0.0462. The van der Waals surface area contributed by atoms with Gasteiger partial charge < -0.3 is 50.0 Å². The molecule has 0 saturated carbocycles. The third-order valence-electron chi connectivity index (χ3n) is 12.6. The van der Waals surface area contributed by atoms with E-state index >= 15 is 17.6 Å². The number of hydrogen-bond donors (Lipinski definition) is 4. The molecule has 448 valence electrons. The van der Waals surface area contributed by atoms with Gasteiger partial charge in [-0.15, -0.1) is 43.1 Å². The first-order valence-corrected chi connectivity index (χ1v) is 28.0. The van der Waals surface area contributed by atoms with Crippen LogP contribution in [0.25, 0.3) is 20.9 Å². The molecule has 4 heterocycles. The topological polar surface area (TPSA) is 235 Å². The summed E-state index contributed by atoms with van der Waals surface area (Å²) in [6.45, 7) is 1.93. The molecule has 0 aliphatic rings. The second kappa shape index (κ2) is 28.3. The van der Waals surface area contributed by atoms with E-state index in [1.54, 1.807) is 100 Å². The molecule has 0 aliphatic heterocycles. The van der Waals surface area contributed by atoms with Crippen LogP contribution < -0.4 is 40.5 Å². The number of aromatic nitrogens is 4. The zero-order valence-electron chi connectivity index (χ0n) is 47.7. The van der Waals surface area contributed by atoms with Crippen LogP contribution in [-0.2, 0) is 35.7 Å². The average molecular weight is 1220 g/mol. The van der Waals surface area contributed by atoms with Crippen molar-refractivity contribution in [2.24, 2.45) is 0 Å². The second-order valence-corrected chi connectivity index (χ2v) is 21.2. The van der Waals surface area contributed by atoms with Gasteiger partial charge in [-0.1, -0.05) is 36.4 Å². The monoisotopic (exact) mass is 1220 g/mol. The number of benzene rings is 4. The van der Waals surface area contributed by atoms with Crippen LogP contribution in [0.3, 0.4) is 0 Å². The zero-order chi connectivity index (χ0) is 61.8. The molecule has 4 aromatic carbocycles. The number of nitrogens with one attached hydrogen (secondary N) is 4. The van der Waals surface area contributed by atoms with E-state index in [2.05, 4.69) is 41.7 Å². The summed E-state index contributed by atoms with van der Waals surface area (Å²) in [5.74, 6) is -4.67. The first-order chi connectivity index (χ1) is 41.3. The summed E-state index contributed by atoms with van der Waals surface area (Å²) in [6, 6.07) is 25.1. The van der Waals surface area contributed by atoms with Crippen molar-refractivity contribution in [2.75, 3.05) is 86.7 Å². The molecule has 0 aliphatic carbocycles. The van der Waals surface area contributed by atoms with Crippen molar-refractivity contribution in [3.05, 3.63) is 166 Å². The number of urea groups is 1. The smallest absolute Gasteiger partial charge is 0.415 e. The maximum atomic E-state index is 15.3. The van der Waals surface area contributed by atoms with Crippen LogP contribution in [0.15, 0.2) is 109 Å². The highest BCUT2D eigenvalue weighted by Crippen LogP contribution is 2.46. The number of methoxy groups -OCH3 is 2. The number of amides is 6. The Bertz CT molecular complexity index is 3460. The minimum absolute atomic E-state index is 0.0109. The van der Waals surface area contributed by atoms with Gasteiger partial charge in [0.15, 0.2) is 11.6 Å². The lowest BCUT2D eigenvalue weighted by Gasteiger charge is -2.23. The van der Waals surface area contributed by atoms with Gasteiger partial charge in [-0.3, -0.25) is 19.4 Å². The zero-order valence-corrected chi connectivity index (χ0v) is 49.3. The van der Waals surface area contributed by atoms with Crippen molar-refractivity contribution in [3.8, 4) is 32.6 Å². The average Bonchev–Trinajstić information content (AvgIpc) is 1.88. The lowest BCUT2D eigenvalue weighted by atomic mass is 10.0. The van der Waals surface area contributed by atoms with Crippen LogP contribution in [0.4, 0.5) is 65.0 Å². The predicted octanol–water partition coefficient (Wildman–Crippen LogP) is 11.9. The van der Waals surface area contributed by atoms with Crippen molar-refractivity contribution in [3.63, 3.8) is 0 Å². The molecule has 8 rings (SSSR count). The Kier molecular flexibility index (Phi) is 20.6. The molecule has 86 heavy (non-hydrogen) atoms. The highest BCUT2D eigenvalue weighted by molar-refractivity contribution is 7.20. The molecule has 8 aromatic rings. The van der Waals surface area contributed by atoms with Gasteiger partial charge in [0.2, 0.25) is 11.8 Å². The number of anilines is 6. The van der Waals surface area contributed by atoms with Gasteiger partial charge in [-0.05, 0) is 125 Å². The molecule has 4 aromatic heterocycles. The van der Waals surface area contributed by atoms with Crippen LogP contribution >= 0.6 is 22.7 Å². The predicted molar refractivity (Wildman–Crippen MR) is 319 cm³/mol. The van der Waals surface area contributed by atoms with Gasteiger partial charge in [0.1, 0.15) is 33.3 Å². The Morgan fingerprint density at radius 2 is 0.826 bits per heavy atom. The van der Waals surface area contributed by atoms with Gasteiger partial charge in [-0.2, -0.15) is 0 Å². The highest BCUT2D eigenvalue weighted by Gasteiger charge is 2.35. The van der Waals surface area contributed by atoms with Crippen molar-refractivity contribution < 1.29 is 60.5 Å². The maximum Gasteiger partial charge on any atom is 0.415 e. The number of ether oxygens (including phenoxy) is 4. The van der Waals surface area contributed by atoms with Gasteiger partial charge in [0.25, 0.3) is 11.8 Å². The maximum absolute atomic E-state index is 15.3. The third-order valence-corrected chi connectivity index (χ3v) is 15.2. The number of halogens is 4. The normalized spacial score (nSPS) is 11.0. The Hall–Kier alpha value is -9.57. The van der Waals surface area contributed by atoms with Gasteiger partial charge in [0.05, 0.1) is 51.6 Å². The molecule has 0 unspecified atom stereocenters. The second-order valence-electron chi connectivity index (χ2n) is 19.2. The van der Waals surface area contributed by atoms with Crippen molar-refractivity contribution in [1.82, 2.24) is 30.2 Å². The number of rotatable bonds is 22. The summed E-state index contributed by atoms with van der Waals surface area (Å²) in [6.07, 6.45) is -1.95. The van der Waals surface area contributed by atoms with Gasteiger partial charge >= 0.3 is 18.2 Å². The molecular formula is C59H58F4N12O9S2. The lowest BCUT2D eigenvalue weighted by Crippen LogP contribution is -2.33. The molecule has 21 nitrogen and oxygen atoms in total. The van der Waals surface area contributed by atoms with Crippen molar-refractivity contribution >= 4 is 85.7 Å². The molecule has 0 fully saturated rings. The van der Waals surface area contributed by atoms with Crippen LogP contribution in [0.2, 0.25) is 0 Å². The van der Waals surface area contributed by atoms with Crippen molar-refractivity contribution in [1.29, 1.82) is 0 Å². The van der Waals surface area contributed by atoms with E-state index in [0.717, 1.165) is 56.7 Å². The minimum atomic E-state index is -0.974. The number of hydrogen-bond acceptors (Lipinski definition) is 17. The standard InChI is InChI=1S/C59H58F4N12O9S2/c1-9-83-58(79)74(31-37-41(60)13-11-14-42(37)61)55-49(53(76)66-45-25-27-47(81-7)70-68-45)39(29-72(3)4)51(85-55)33-17-21-35(22-18-33)64-57(78)65-36-23-19-34(20-24-36)52-40(30-73(5)6)50(54(77)67-46-26-28-48(82-8)71-69-46)56(86-52)75(59(80)84-10-2)32-38-43(62)15-12-16-44(38)63/h11-28H,9-10,29-32H2,1-8H3,(H2,64,65,78)(H,66,68,76)(H,67,69,77). The van der Waals surface area contributed by atoms with Crippen LogP contribution in [0.5, 0.6) is 11.8 Å². The Morgan fingerprint density at radius 3 is 1.13 bits per heavy atom. The first-order valence-electron chi connectivity index (χ1n) is 26.3. The van der Waals surface area contributed by atoms with Crippen LogP contribution in [-0.4, -0.2) is 116 Å². The molecular weight excluding hydrogens is 1160 g/mol. The summed E-state index contributed by atoms with van der Waals surface area (Å²) < 4.78 is 82.3. The van der Waals surface area contributed by atoms with E-state index in [1.165, 1.54) is 50.6 Å². The number of thiophene rings is 2. The van der Waals surface area contributed by atoms with E-state index in [1.807, 2.05) is 0 Å². The Labute approximate surface area is 499 Å². The fourth-order valence-corrected chi connectivity index (χ4v) is 11.3. The Morgan fingerprint density at radius 1 is 0.465 bits per heavy atom. The van der Waals surface area contributed by atoms with Crippen LogP contribution in [0.1, 0.15) is 56.8 Å². The summed E-state index contributed by atoms with van der Waals surface area (Å²) in [5.41, 5.74) is 1.75. The highest BCUT2D eigenvalue weighted by atomic mass is 32.1. The fraction of sp³-hybridized carbons (Fsp3) is 0.237. The summed E-state index contributed by atoms with van der Waals surface area (Å²) in [5, 5.41) is 27.0.